The van der Waals surface area contributed by atoms with Crippen molar-refractivity contribution in [2.45, 2.75) is 60.0 Å². The van der Waals surface area contributed by atoms with Gasteiger partial charge in [0.1, 0.15) is 0 Å². The highest BCUT2D eigenvalue weighted by Crippen LogP contribution is 2.26. The minimum atomic E-state index is 0.606. The molecular formula is C17H31N3. The monoisotopic (exact) mass is 277 g/mol. The van der Waals surface area contributed by atoms with Gasteiger partial charge in [0.15, 0.2) is 0 Å². The maximum atomic E-state index is 4.46. The van der Waals surface area contributed by atoms with Crippen molar-refractivity contribution in [3.63, 3.8) is 0 Å². The molecule has 0 aliphatic carbocycles. The van der Waals surface area contributed by atoms with Gasteiger partial charge in [-0.2, -0.15) is 0 Å². The van der Waals surface area contributed by atoms with Crippen LogP contribution < -0.4 is 10.2 Å². The summed E-state index contributed by atoms with van der Waals surface area (Å²) in [5.74, 6) is 0.659. The summed E-state index contributed by atoms with van der Waals surface area (Å²) in [6.07, 6.45) is 4.39. The molecule has 1 heterocycles. The van der Waals surface area contributed by atoms with Gasteiger partial charge in [0.05, 0.1) is 0 Å². The third-order valence-corrected chi connectivity index (χ3v) is 3.72. The third kappa shape index (κ3) is 4.48. The molecule has 0 aliphatic rings. The summed E-state index contributed by atoms with van der Waals surface area (Å²) < 4.78 is 0. The first-order valence-corrected chi connectivity index (χ1v) is 7.90. The summed E-state index contributed by atoms with van der Waals surface area (Å²) in [5.41, 5.74) is 3.75. The van der Waals surface area contributed by atoms with Gasteiger partial charge in [-0.3, -0.25) is 4.98 Å². The number of rotatable bonds is 8. The van der Waals surface area contributed by atoms with E-state index in [-0.39, 0.29) is 0 Å². The van der Waals surface area contributed by atoms with E-state index in [1.54, 1.807) is 0 Å². The van der Waals surface area contributed by atoms with Crippen LogP contribution in [0.4, 0.5) is 5.69 Å². The Labute approximate surface area is 124 Å². The minimum absolute atomic E-state index is 0.606. The van der Waals surface area contributed by atoms with Crippen LogP contribution in [0.5, 0.6) is 0 Å². The molecule has 3 heteroatoms. The molecule has 0 atom stereocenters. The predicted octanol–water partition coefficient (Wildman–Crippen LogP) is 3.76. The summed E-state index contributed by atoms with van der Waals surface area (Å²) in [4.78, 5) is 7.05. The van der Waals surface area contributed by atoms with E-state index >= 15 is 0 Å². The first-order chi connectivity index (χ1) is 9.53. The zero-order valence-electron chi connectivity index (χ0n) is 14.0. The highest BCUT2D eigenvalue weighted by molar-refractivity contribution is 5.54. The molecule has 3 nitrogen and oxygen atoms in total. The van der Waals surface area contributed by atoms with E-state index in [9.17, 15) is 0 Å². The summed E-state index contributed by atoms with van der Waals surface area (Å²) in [6, 6.07) is 2.85. The van der Waals surface area contributed by atoms with E-state index in [1.807, 2.05) is 13.2 Å². The molecular weight excluding hydrogens is 246 g/mol. The fourth-order valence-corrected chi connectivity index (χ4v) is 2.73. The number of nitrogens with one attached hydrogen (secondary N) is 1. The van der Waals surface area contributed by atoms with E-state index in [0.29, 0.717) is 12.0 Å². The Balaban J connectivity index is 3.19. The predicted molar refractivity (Wildman–Crippen MR) is 88.3 cm³/mol. The molecule has 0 aromatic carbocycles. The minimum Gasteiger partial charge on any atom is -0.368 e. The van der Waals surface area contributed by atoms with Gasteiger partial charge in [-0.25, -0.2) is 0 Å². The van der Waals surface area contributed by atoms with Crippen molar-refractivity contribution < 1.29 is 0 Å². The van der Waals surface area contributed by atoms with Crippen molar-refractivity contribution in [3.05, 3.63) is 23.5 Å². The molecule has 1 rings (SSSR count). The second-order valence-electron chi connectivity index (χ2n) is 6.00. The van der Waals surface area contributed by atoms with E-state index in [0.717, 1.165) is 18.8 Å². The Hall–Kier alpha value is -1.09. The van der Waals surface area contributed by atoms with Crippen LogP contribution in [0.2, 0.25) is 0 Å². The molecule has 1 N–H and O–H groups in total. The van der Waals surface area contributed by atoms with Gasteiger partial charge < -0.3 is 10.2 Å². The summed E-state index contributed by atoms with van der Waals surface area (Å²) >= 11 is 0. The van der Waals surface area contributed by atoms with Gasteiger partial charge in [0, 0.05) is 42.3 Å². The molecule has 0 amide bonds. The molecule has 0 fully saturated rings. The molecule has 114 valence electrons. The van der Waals surface area contributed by atoms with Gasteiger partial charge in [0.2, 0.25) is 0 Å². The van der Waals surface area contributed by atoms with E-state index in [4.69, 9.17) is 0 Å². The van der Waals surface area contributed by atoms with Gasteiger partial charge in [-0.05, 0) is 38.8 Å². The molecule has 0 unspecified atom stereocenters. The van der Waals surface area contributed by atoms with Crippen LogP contribution in [-0.2, 0) is 6.54 Å². The zero-order valence-corrected chi connectivity index (χ0v) is 14.0. The Kier molecular flexibility index (Phi) is 7.00. The van der Waals surface area contributed by atoms with Crippen LogP contribution in [0.25, 0.3) is 0 Å². The van der Waals surface area contributed by atoms with Crippen LogP contribution in [0.15, 0.2) is 12.3 Å². The normalized spacial score (nSPS) is 11.4. The first-order valence-electron chi connectivity index (χ1n) is 7.90. The lowest BCUT2D eigenvalue weighted by Crippen LogP contribution is -2.38. The summed E-state index contributed by atoms with van der Waals surface area (Å²) in [7, 11) is 1.99. The molecule has 0 radical (unpaired) electrons. The second-order valence-corrected chi connectivity index (χ2v) is 6.00. The van der Waals surface area contributed by atoms with Crippen LogP contribution >= 0.6 is 0 Å². The molecule has 0 saturated carbocycles. The first kappa shape index (κ1) is 17.0. The standard InChI is InChI=1S/C17H31N3/c1-7-16(8-2)20(12-13(3)4)17-9-14(5)19-11-15(17)10-18-6/h9,11,13,16,18H,7-8,10,12H2,1-6H3. The Morgan fingerprint density at radius 2 is 1.90 bits per heavy atom. The van der Waals surface area contributed by atoms with Crippen LogP contribution in [0.3, 0.4) is 0 Å². The SMILES string of the molecule is CCC(CC)N(CC(C)C)c1cc(C)ncc1CNC. The number of nitrogens with zero attached hydrogens (tertiary/aromatic N) is 2. The maximum absolute atomic E-state index is 4.46. The van der Waals surface area contributed by atoms with Gasteiger partial charge >= 0.3 is 0 Å². The van der Waals surface area contributed by atoms with Crippen molar-refractivity contribution >= 4 is 5.69 Å². The fraction of sp³-hybridized carbons (Fsp3) is 0.706. The van der Waals surface area contributed by atoms with Crippen molar-refractivity contribution in [3.8, 4) is 0 Å². The topological polar surface area (TPSA) is 28.2 Å². The fourth-order valence-electron chi connectivity index (χ4n) is 2.73. The molecule has 20 heavy (non-hydrogen) atoms. The summed E-state index contributed by atoms with van der Waals surface area (Å²) in [6.45, 7) is 13.2. The van der Waals surface area contributed by atoms with Crippen molar-refractivity contribution in [1.82, 2.24) is 10.3 Å². The highest BCUT2D eigenvalue weighted by atomic mass is 15.2. The van der Waals surface area contributed by atoms with Crippen molar-refractivity contribution in [2.24, 2.45) is 5.92 Å². The van der Waals surface area contributed by atoms with Gasteiger partial charge in [-0.1, -0.05) is 27.7 Å². The van der Waals surface area contributed by atoms with Crippen LogP contribution in [-0.4, -0.2) is 24.6 Å². The lowest BCUT2D eigenvalue weighted by Gasteiger charge is -2.35. The quantitative estimate of drug-likeness (QED) is 0.784. The van der Waals surface area contributed by atoms with Crippen molar-refractivity contribution in [2.75, 3.05) is 18.5 Å². The molecule has 1 aromatic rings. The third-order valence-electron chi connectivity index (χ3n) is 3.72. The average molecular weight is 277 g/mol. The Morgan fingerprint density at radius 3 is 2.40 bits per heavy atom. The smallest absolute Gasteiger partial charge is 0.0448 e. The average Bonchev–Trinajstić information content (AvgIpc) is 2.41. The lowest BCUT2D eigenvalue weighted by molar-refractivity contribution is 0.505. The van der Waals surface area contributed by atoms with E-state index < -0.39 is 0 Å². The zero-order chi connectivity index (χ0) is 15.1. The number of aryl methyl sites for hydroxylation is 1. The van der Waals surface area contributed by atoms with Gasteiger partial charge in [0.25, 0.3) is 0 Å². The number of hydrogen-bond acceptors (Lipinski definition) is 3. The lowest BCUT2D eigenvalue weighted by atomic mass is 10.0. The highest BCUT2D eigenvalue weighted by Gasteiger charge is 2.19. The van der Waals surface area contributed by atoms with Crippen LogP contribution in [0.1, 0.15) is 51.8 Å². The summed E-state index contributed by atoms with van der Waals surface area (Å²) in [5, 5.41) is 3.26. The molecule has 1 aromatic heterocycles. The van der Waals surface area contributed by atoms with Crippen LogP contribution in [0, 0.1) is 12.8 Å². The molecule has 0 bridgehead atoms. The molecule has 0 saturated heterocycles. The number of anilines is 1. The maximum Gasteiger partial charge on any atom is 0.0448 e. The molecule has 0 spiro atoms. The number of hydrogen-bond donors (Lipinski definition) is 1. The van der Waals surface area contributed by atoms with E-state index in [2.05, 4.69) is 55.9 Å². The van der Waals surface area contributed by atoms with E-state index in [1.165, 1.54) is 24.1 Å². The Bertz CT molecular complexity index is 397. The largest absolute Gasteiger partial charge is 0.368 e. The second kappa shape index (κ2) is 8.25. The number of pyridine rings is 1. The number of aromatic nitrogens is 1. The molecule has 0 aliphatic heterocycles. The Morgan fingerprint density at radius 1 is 1.25 bits per heavy atom. The van der Waals surface area contributed by atoms with Gasteiger partial charge in [-0.15, -0.1) is 0 Å². The van der Waals surface area contributed by atoms with Crippen molar-refractivity contribution in [1.29, 1.82) is 0 Å².